The van der Waals surface area contributed by atoms with Crippen LogP contribution in [0, 0.1) is 19.8 Å². The molecule has 1 aliphatic carbocycles. The molecule has 1 unspecified atom stereocenters. The van der Waals surface area contributed by atoms with E-state index < -0.39 is 0 Å². The fourth-order valence-corrected chi connectivity index (χ4v) is 3.45. The lowest BCUT2D eigenvalue weighted by Crippen LogP contribution is -2.39. The molecular weight excluding hydrogens is 258 g/mol. The molecule has 1 aromatic carbocycles. The van der Waals surface area contributed by atoms with Gasteiger partial charge < -0.3 is 10.1 Å². The minimum Gasteiger partial charge on any atom is -0.378 e. The molecule has 0 amide bonds. The van der Waals surface area contributed by atoms with Gasteiger partial charge in [0.2, 0.25) is 0 Å². The number of likely N-dealkylation sites (N-methyl/N-ethyl adjacent to an activating group) is 1. The minimum absolute atomic E-state index is 0.531. The smallest absolute Gasteiger partial charge is 0.0580 e. The van der Waals surface area contributed by atoms with E-state index in [0.717, 1.165) is 25.5 Å². The summed E-state index contributed by atoms with van der Waals surface area (Å²) in [6.45, 7) is 10.6. The number of hydrogen-bond acceptors (Lipinski definition) is 2. The molecule has 1 atom stereocenters. The van der Waals surface area contributed by atoms with Crippen LogP contribution in [0.4, 0.5) is 0 Å². The quantitative estimate of drug-likeness (QED) is 0.780. The van der Waals surface area contributed by atoms with Gasteiger partial charge in [0.15, 0.2) is 0 Å². The summed E-state index contributed by atoms with van der Waals surface area (Å²) in [5.41, 5.74) is 4.29. The fourth-order valence-electron chi connectivity index (χ4n) is 3.45. The topological polar surface area (TPSA) is 21.3 Å². The zero-order valence-corrected chi connectivity index (χ0v) is 14.1. The van der Waals surface area contributed by atoms with E-state index in [1.54, 1.807) is 0 Å². The van der Waals surface area contributed by atoms with Crippen molar-refractivity contribution in [1.82, 2.24) is 5.32 Å². The van der Waals surface area contributed by atoms with Gasteiger partial charge in [0.1, 0.15) is 0 Å². The molecule has 2 heteroatoms. The van der Waals surface area contributed by atoms with Crippen LogP contribution in [0.3, 0.4) is 0 Å². The fraction of sp³-hybridized carbons (Fsp3) is 0.684. The van der Waals surface area contributed by atoms with Gasteiger partial charge >= 0.3 is 0 Å². The predicted molar refractivity (Wildman–Crippen MR) is 89.8 cm³/mol. The molecule has 0 spiro atoms. The average molecular weight is 289 g/mol. The third kappa shape index (κ3) is 4.82. The van der Waals surface area contributed by atoms with Crippen LogP contribution in [0.1, 0.15) is 49.8 Å². The first-order valence-electron chi connectivity index (χ1n) is 8.53. The molecule has 0 bridgehead atoms. The summed E-state index contributed by atoms with van der Waals surface area (Å²) >= 11 is 0. The van der Waals surface area contributed by atoms with Crippen LogP contribution in [0.5, 0.6) is 0 Å². The van der Waals surface area contributed by atoms with Crippen LogP contribution in [0.2, 0.25) is 0 Å². The number of rotatable bonds is 8. The molecule has 0 saturated heterocycles. The first-order chi connectivity index (χ1) is 10.1. The van der Waals surface area contributed by atoms with E-state index >= 15 is 0 Å². The van der Waals surface area contributed by atoms with E-state index in [4.69, 9.17) is 4.74 Å². The van der Waals surface area contributed by atoms with Gasteiger partial charge in [-0.3, -0.25) is 0 Å². The summed E-state index contributed by atoms with van der Waals surface area (Å²) in [4.78, 5) is 0. The lowest BCUT2D eigenvalue weighted by Gasteiger charge is -2.37. The third-order valence-corrected chi connectivity index (χ3v) is 4.68. The van der Waals surface area contributed by atoms with Gasteiger partial charge in [-0.25, -0.2) is 0 Å². The van der Waals surface area contributed by atoms with Crippen LogP contribution in [0.15, 0.2) is 18.2 Å². The average Bonchev–Trinajstić information content (AvgIpc) is 2.41. The maximum absolute atomic E-state index is 5.68. The number of benzene rings is 1. The molecule has 0 heterocycles. The normalized spacial score (nSPS) is 22.9. The molecule has 21 heavy (non-hydrogen) atoms. The van der Waals surface area contributed by atoms with E-state index in [1.807, 2.05) is 0 Å². The Labute approximate surface area is 130 Å². The predicted octanol–water partition coefficient (Wildman–Crippen LogP) is 4.03. The molecule has 2 nitrogen and oxygen atoms in total. The van der Waals surface area contributed by atoms with Gasteiger partial charge in [0.25, 0.3) is 0 Å². The van der Waals surface area contributed by atoms with Gasteiger partial charge in [-0.1, -0.05) is 30.7 Å². The Balaban J connectivity index is 1.89. The maximum atomic E-state index is 5.68. The van der Waals surface area contributed by atoms with E-state index in [-0.39, 0.29) is 0 Å². The molecule has 1 aromatic rings. The molecule has 0 radical (unpaired) electrons. The number of nitrogens with one attached hydrogen (secondary N) is 1. The van der Waals surface area contributed by atoms with Crippen molar-refractivity contribution in [3.8, 4) is 0 Å². The molecule has 1 N–H and O–H groups in total. The van der Waals surface area contributed by atoms with Gasteiger partial charge in [-0.2, -0.15) is 0 Å². The van der Waals surface area contributed by atoms with Crippen molar-refractivity contribution >= 4 is 0 Å². The molecule has 0 aromatic heterocycles. The molecule has 1 saturated carbocycles. The molecular formula is C19H31NO. The summed E-state index contributed by atoms with van der Waals surface area (Å²) in [6, 6.07) is 7.41. The molecule has 2 rings (SSSR count). The van der Waals surface area contributed by atoms with Gasteiger partial charge in [0, 0.05) is 12.6 Å². The first kappa shape index (κ1) is 16.5. The highest BCUT2D eigenvalue weighted by Crippen LogP contribution is 2.34. The zero-order chi connectivity index (χ0) is 15.2. The Morgan fingerprint density at radius 1 is 1.24 bits per heavy atom. The van der Waals surface area contributed by atoms with Crippen LogP contribution in [-0.4, -0.2) is 25.3 Å². The second kappa shape index (κ2) is 7.95. The van der Waals surface area contributed by atoms with Crippen molar-refractivity contribution < 1.29 is 4.74 Å². The Bertz CT molecular complexity index is 437. The zero-order valence-electron chi connectivity index (χ0n) is 14.1. The monoisotopic (exact) mass is 289 g/mol. The van der Waals surface area contributed by atoms with Crippen molar-refractivity contribution in [2.24, 2.45) is 5.92 Å². The molecule has 1 fully saturated rings. The summed E-state index contributed by atoms with van der Waals surface area (Å²) < 4.78 is 5.68. The van der Waals surface area contributed by atoms with Gasteiger partial charge in [-0.05, 0) is 70.0 Å². The first-order valence-corrected chi connectivity index (χ1v) is 8.53. The number of aryl methyl sites for hydroxylation is 2. The van der Waals surface area contributed by atoms with Crippen molar-refractivity contribution in [3.05, 3.63) is 34.9 Å². The van der Waals surface area contributed by atoms with E-state index in [0.29, 0.717) is 12.1 Å². The molecule has 0 aliphatic heterocycles. The van der Waals surface area contributed by atoms with Crippen LogP contribution < -0.4 is 5.32 Å². The summed E-state index contributed by atoms with van der Waals surface area (Å²) in [5.74, 6) is 0.843. The van der Waals surface area contributed by atoms with Crippen molar-refractivity contribution in [2.75, 3.05) is 13.2 Å². The van der Waals surface area contributed by atoms with Crippen LogP contribution in [0.25, 0.3) is 0 Å². The van der Waals surface area contributed by atoms with Gasteiger partial charge in [0.05, 0.1) is 6.10 Å². The van der Waals surface area contributed by atoms with E-state index in [2.05, 4.69) is 51.2 Å². The second-order valence-electron chi connectivity index (χ2n) is 6.54. The Hall–Kier alpha value is -0.860. The summed E-state index contributed by atoms with van der Waals surface area (Å²) in [5, 5.41) is 3.68. The van der Waals surface area contributed by atoms with E-state index in [1.165, 1.54) is 36.0 Å². The lowest BCUT2D eigenvalue weighted by atomic mass is 9.77. The van der Waals surface area contributed by atoms with Crippen LogP contribution in [-0.2, 0) is 11.2 Å². The molecule has 118 valence electrons. The summed E-state index contributed by atoms with van der Waals surface area (Å²) in [7, 11) is 0. The van der Waals surface area contributed by atoms with Crippen LogP contribution >= 0.6 is 0 Å². The third-order valence-electron chi connectivity index (χ3n) is 4.68. The molecule has 1 aliphatic rings. The lowest BCUT2D eigenvalue weighted by molar-refractivity contribution is -0.0289. The van der Waals surface area contributed by atoms with E-state index in [9.17, 15) is 0 Å². The SMILES string of the molecule is CCNC(Cc1cc(C)ccc1C)CC1CC(OCC)C1. The Morgan fingerprint density at radius 2 is 2.00 bits per heavy atom. The highest BCUT2D eigenvalue weighted by Gasteiger charge is 2.31. The highest BCUT2D eigenvalue weighted by molar-refractivity contribution is 5.31. The highest BCUT2D eigenvalue weighted by atomic mass is 16.5. The van der Waals surface area contributed by atoms with Crippen molar-refractivity contribution in [3.63, 3.8) is 0 Å². The van der Waals surface area contributed by atoms with Crippen molar-refractivity contribution in [1.29, 1.82) is 0 Å². The summed E-state index contributed by atoms with van der Waals surface area (Å²) in [6.07, 6.45) is 5.47. The minimum atomic E-state index is 0.531. The second-order valence-corrected chi connectivity index (χ2v) is 6.54. The Kier molecular flexibility index (Phi) is 6.25. The number of hydrogen-bond donors (Lipinski definition) is 1. The Morgan fingerprint density at radius 3 is 2.67 bits per heavy atom. The number of ether oxygens (including phenoxy) is 1. The maximum Gasteiger partial charge on any atom is 0.0580 e. The largest absolute Gasteiger partial charge is 0.378 e. The van der Waals surface area contributed by atoms with Crippen molar-refractivity contribution in [2.45, 2.75) is 65.5 Å². The standard InChI is InChI=1S/C19H31NO/c1-5-20-18(10-16-11-19(12-16)21-6-2)13-17-9-14(3)7-8-15(17)4/h7-9,16,18-20H,5-6,10-13H2,1-4H3. The van der Waals surface area contributed by atoms with Gasteiger partial charge in [-0.15, -0.1) is 0 Å².